The van der Waals surface area contributed by atoms with Gasteiger partial charge in [0.05, 0.1) is 13.2 Å². The maximum atomic E-state index is 5.78. The molecule has 0 aromatic carbocycles. The molecule has 1 saturated heterocycles. The topological polar surface area (TPSA) is 28.9 Å². The number of hydrogen-bond donors (Lipinski definition) is 0. The first-order valence-corrected chi connectivity index (χ1v) is 7.19. The number of halogens is 1. The molecule has 1 unspecified atom stereocenters. The molecule has 108 valence electrons. The quantitative estimate of drug-likeness (QED) is 0.769. The van der Waals surface area contributed by atoms with E-state index in [9.17, 15) is 0 Å². The fraction of sp³-hybridized carbons (Fsp3) is 0.714. The Morgan fingerprint density at radius 1 is 1.53 bits per heavy atom. The molecule has 4 nitrogen and oxygen atoms in total. The molecule has 1 aromatic rings. The summed E-state index contributed by atoms with van der Waals surface area (Å²) >= 11 is 5.78. The van der Waals surface area contributed by atoms with Crippen molar-refractivity contribution < 1.29 is 9.15 Å². The lowest BCUT2D eigenvalue weighted by atomic mass is 10.1. The summed E-state index contributed by atoms with van der Waals surface area (Å²) in [7, 11) is 3.89. The Balaban J connectivity index is 1.70. The fourth-order valence-corrected chi connectivity index (χ4v) is 2.86. The molecule has 0 aliphatic carbocycles. The summed E-state index contributed by atoms with van der Waals surface area (Å²) in [4.78, 5) is 4.78. The van der Waals surface area contributed by atoms with Gasteiger partial charge in [0.15, 0.2) is 5.22 Å². The van der Waals surface area contributed by atoms with Gasteiger partial charge in [0.25, 0.3) is 0 Å². The minimum absolute atomic E-state index is 0.468. The first kappa shape index (κ1) is 14.9. The second-order valence-corrected chi connectivity index (χ2v) is 5.72. The minimum Gasteiger partial charge on any atom is -0.448 e. The molecule has 2 rings (SSSR count). The molecule has 0 spiro atoms. The SMILES string of the molecule is COCCN1CCC(CN(C)Cc2ccc(Cl)o2)C1. The molecule has 19 heavy (non-hydrogen) atoms. The van der Waals surface area contributed by atoms with Crippen LogP contribution in [-0.2, 0) is 11.3 Å². The predicted octanol–water partition coefficient (Wildman–Crippen LogP) is 2.33. The number of ether oxygens (including phenoxy) is 1. The van der Waals surface area contributed by atoms with Crippen molar-refractivity contribution in [2.45, 2.75) is 13.0 Å². The van der Waals surface area contributed by atoms with E-state index >= 15 is 0 Å². The highest BCUT2D eigenvalue weighted by molar-refractivity contribution is 6.28. The summed E-state index contributed by atoms with van der Waals surface area (Å²) in [6.45, 7) is 6.15. The third-order valence-corrected chi connectivity index (χ3v) is 3.81. The van der Waals surface area contributed by atoms with Gasteiger partial charge in [-0.25, -0.2) is 0 Å². The van der Waals surface area contributed by atoms with Crippen molar-refractivity contribution >= 4 is 11.6 Å². The van der Waals surface area contributed by atoms with Crippen LogP contribution in [0.2, 0.25) is 5.22 Å². The molecule has 0 saturated carbocycles. The molecule has 2 heterocycles. The monoisotopic (exact) mass is 286 g/mol. The summed E-state index contributed by atoms with van der Waals surface area (Å²) in [5, 5.41) is 0.468. The van der Waals surface area contributed by atoms with Crippen LogP contribution < -0.4 is 0 Å². The predicted molar refractivity (Wildman–Crippen MR) is 76.5 cm³/mol. The molecular weight excluding hydrogens is 264 g/mol. The molecule has 1 fully saturated rings. The maximum Gasteiger partial charge on any atom is 0.193 e. The van der Waals surface area contributed by atoms with E-state index in [-0.39, 0.29) is 0 Å². The lowest BCUT2D eigenvalue weighted by molar-refractivity contribution is 0.156. The number of nitrogens with zero attached hydrogens (tertiary/aromatic N) is 2. The Morgan fingerprint density at radius 2 is 2.37 bits per heavy atom. The molecule has 0 bridgehead atoms. The van der Waals surface area contributed by atoms with Gasteiger partial charge < -0.3 is 14.1 Å². The molecule has 5 heteroatoms. The summed E-state index contributed by atoms with van der Waals surface area (Å²) < 4.78 is 10.5. The Morgan fingerprint density at radius 3 is 3.05 bits per heavy atom. The zero-order valence-electron chi connectivity index (χ0n) is 11.8. The molecule has 0 amide bonds. The van der Waals surface area contributed by atoms with Crippen LogP contribution in [0.1, 0.15) is 12.2 Å². The smallest absolute Gasteiger partial charge is 0.193 e. The van der Waals surface area contributed by atoms with Crippen LogP contribution in [0, 0.1) is 5.92 Å². The minimum atomic E-state index is 0.468. The third-order valence-electron chi connectivity index (χ3n) is 3.61. The second kappa shape index (κ2) is 7.29. The van der Waals surface area contributed by atoms with Gasteiger partial charge in [-0.05, 0) is 49.7 Å². The number of methoxy groups -OCH3 is 1. The van der Waals surface area contributed by atoms with Crippen molar-refractivity contribution in [3.05, 3.63) is 23.1 Å². The van der Waals surface area contributed by atoms with Crippen molar-refractivity contribution in [3.8, 4) is 0 Å². The second-order valence-electron chi connectivity index (χ2n) is 5.35. The van der Waals surface area contributed by atoms with Gasteiger partial charge in [0.2, 0.25) is 0 Å². The highest BCUT2D eigenvalue weighted by atomic mass is 35.5. The summed E-state index contributed by atoms with van der Waals surface area (Å²) in [6, 6.07) is 3.74. The van der Waals surface area contributed by atoms with E-state index in [4.69, 9.17) is 20.8 Å². The molecular formula is C14H23ClN2O2. The summed E-state index contributed by atoms with van der Waals surface area (Å²) in [5.74, 6) is 1.68. The average Bonchev–Trinajstić information content (AvgIpc) is 2.96. The molecule has 1 aromatic heterocycles. The van der Waals surface area contributed by atoms with Crippen LogP contribution in [0.5, 0.6) is 0 Å². The maximum absolute atomic E-state index is 5.78. The van der Waals surface area contributed by atoms with E-state index in [1.807, 2.05) is 6.07 Å². The molecule has 1 aliphatic rings. The van der Waals surface area contributed by atoms with Crippen LogP contribution in [0.25, 0.3) is 0 Å². The Kier molecular flexibility index (Phi) is 5.70. The Labute approximate surface area is 120 Å². The zero-order valence-corrected chi connectivity index (χ0v) is 12.5. The van der Waals surface area contributed by atoms with Crippen LogP contribution in [-0.4, -0.2) is 56.7 Å². The first-order chi connectivity index (χ1) is 9.17. The van der Waals surface area contributed by atoms with E-state index in [0.29, 0.717) is 5.22 Å². The van der Waals surface area contributed by atoms with Crippen LogP contribution >= 0.6 is 11.6 Å². The van der Waals surface area contributed by atoms with Crippen molar-refractivity contribution in [2.24, 2.45) is 5.92 Å². The standard InChI is InChI=1S/C14H23ClN2O2/c1-16(11-13-3-4-14(15)19-13)9-12-5-6-17(10-12)7-8-18-2/h3-4,12H,5-11H2,1-2H3. The number of rotatable bonds is 7. The number of likely N-dealkylation sites (tertiary alicyclic amines) is 1. The number of hydrogen-bond acceptors (Lipinski definition) is 4. The Bertz CT molecular complexity index is 383. The normalized spacial score (nSPS) is 20.5. The average molecular weight is 287 g/mol. The fourth-order valence-electron chi connectivity index (χ4n) is 2.69. The van der Waals surface area contributed by atoms with Gasteiger partial charge >= 0.3 is 0 Å². The third kappa shape index (κ3) is 4.80. The lowest BCUT2D eigenvalue weighted by Crippen LogP contribution is -2.29. The van der Waals surface area contributed by atoms with Gasteiger partial charge in [-0.1, -0.05) is 0 Å². The van der Waals surface area contributed by atoms with Crippen LogP contribution in [0.4, 0.5) is 0 Å². The molecule has 0 N–H and O–H groups in total. The van der Waals surface area contributed by atoms with Crippen molar-refractivity contribution in [1.29, 1.82) is 0 Å². The van der Waals surface area contributed by atoms with E-state index in [0.717, 1.165) is 37.9 Å². The van der Waals surface area contributed by atoms with Gasteiger partial charge in [-0.2, -0.15) is 0 Å². The number of furan rings is 1. The summed E-state index contributed by atoms with van der Waals surface area (Å²) in [5.41, 5.74) is 0. The highest BCUT2D eigenvalue weighted by Crippen LogP contribution is 2.19. The molecule has 1 aliphatic heterocycles. The van der Waals surface area contributed by atoms with E-state index < -0.39 is 0 Å². The van der Waals surface area contributed by atoms with E-state index in [2.05, 4.69) is 16.8 Å². The van der Waals surface area contributed by atoms with Crippen LogP contribution in [0.3, 0.4) is 0 Å². The van der Waals surface area contributed by atoms with Gasteiger partial charge in [0, 0.05) is 26.7 Å². The van der Waals surface area contributed by atoms with E-state index in [1.54, 1.807) is 13.2 Å². The van der Waals surface area contributed by atoms with Gasteiger partial charge in [0.1, 0.15) is 5.76 Å². The molecule has 0 radical (unpaired) electrons. The van der Waals surface area contributed by atoms with Gasteiger partial charge in [-0.15, -0.1) is 0 Å². The van der Waals surface area contributed by atoms with Crippen molar-refractivity contribution in [2.75, 3.05) is 46.9 Å². The summed E-state index contributed by atoms with van der Waals surface area (Å²) in [6.07, 6.45) is 1.27. The first-order valence-electron chi connectivity index (χ1n) is 6.81. The van der Waals surface area contributed by atoms with E-state index in [1.165, 1.54) is 19.5 Å². The van der Waals surface area contributed by atoms with Gasteiger partial charge in [-0.3, -0.25) is 4.90 Å². The zero-order chi connectivity index (χ0) is 13.7. The lowest BCUT2D eigenvalue weighted by Gasteiger charge is -2.20. The Hall–Kier alpha value is -0.550. The van der Waals surface area contributed by atoms with Crippen molar-refractivity contribution in [1.82, 2.24) is 9.80 Å². The van der Waals surface area contributed by atoms with Crippen molar-refractivity contribution in [3.63, 3.8) is 0 Å². The largest absolute Gasteiger partial charge is 0.448 e. The highest BCUT2D eigenvalue weighted by Gasteiger charge is 2.23. The van der Waals surface area contributed by atoms with Crippen LogP contribution in [0.15, 0.2) is 16.5 Å². The molecule has 1 atom stereocenters.